The highest BCUT2D eigenvalue weighted by Crippen LogP contribution is 2.59. The van der Waals surface area contributed by atoms with Gasteiger partial charge in [0, 0.05) is 18.3 Å². The van der Waals surface area contributed by atoms with Gasteiger partial charge in [-0.25, -0.2) is 0 Å². The van der Waals surface area contributed by atoms with Gasteiger partial charge in [-0.2, -0.15) is 0 Å². The molecule has 0 radical (unpaired) electrons. The topological polar surface area (TPSA) is 58.9 Å². The number of unbranched alkanes of at least 4 members (excludes halogenated alkanes) is 3. The molecule has 2 saturated carbocycles. The minimum absolute atomic E-state index is 0.132. The minimum Gasteiger partial charge on any atom is -0.392 e. The van der Waals surface area contributed by atoms with Crippen molar-refractivity contribution < 1.29 is 19.7 Å². The highest BCUT2D eigenvalue weighted by atomic mass is 16.7. The number of rotatable bonds is 7. The molecule has 0 bridgehead atoms. The number of aliphatic hydroxyl groups excluding tert-OH is 2. The summed E-state index contributed by atoms with van der Waals surface area (Å²) in [7, 11) is 0. The molecule has 1 heterocycles. The maximum atomic E-state index is 10.4. The summed E-state index contributed by atoms with van der Waals surface area (Å²) < 4.78 is 11.6. The van der Waals surface area contributed by atoms with E-state index in [-0.39, 0.29) is 18.1 Å². The molecule has 0 aromatic rings. The van der Waals surface area contributed by atoms with E-state index in [1.807, 2.05) is 12.2 Å². The van der Waals surface area contributed by atoms with Gasteiger partial charge in [-0.1, -0.05) is 44.8 Å². The molecule has 2 N–H and O–H groups in total. The Morgan fingerprint density at radius 1 is 1.23 bits per heavy atom. The van der Waals surface area contributed by atoms with E-state index in [1.54, 1.807) is 0 Å². The zero-order valence-electron chi connectivity index (χ0n) is 13.6. The average Bonchev–Trinajstić information content (AvgIpc) is 3.08. The molecular formula is C18H30O4. The zero-order chi connectivity index (χ0) is 15.6. The fourth-order valence-electron chi connectivity index (χ4n) is 4.39. The molecule has 0 amide bonds. The Balaban J connectivity index is 1.46. The molecular weight excluding hydrogens is 280 g/mol. The van der Waals surface area contributed by atoms with Crippen molar-refractivity contribution in [2.24, 2.45) is 17.8 Å². The minimum atomic E-state index is -0.396. The Hall–Kier alpha value is -0.420. The van der Waals surface area contributed by atoms with Crippen molar-refractivity contribution in [2.45, 2.75) is 69.9 Å². The quantitative estimate of drug-likeness (QED) is 0.560. The van der Waals surface area contributed by atoms with Gasteiger partial charge >= 0.3 is 0 Å². The van der Waals surface area contributed by atoms with Gasteiger partial charge in [-0.05, 0) is 18.8 Å². The first kappa shape index (κ1) is 16.4. The number of hydrogen-bond acceptors (Lipinski definition) is 4. The van der Waals surface area contributed by atoms with E-state index in [2.05, 4.69) is 6.92 Å². The Morgan fingerprint density at radius 2 is 2.00 bits per heavy atom. The first-order valence-electron chi connectivity index (χ1n) is 8.98. The van der Waals surface area contributed by atoms with Crippen LogP contribution in [0.5, 0.6) is 0 Å². The highest BCUT2D eigenvalue weighted by molar-refractivity contribution is 5.13. The van der Waals surface area contributed by atoms with Crippen LogP contribution in [0.15, 0.2) is 12.2 Å². The van der Waals surface area contributed by atoms with Gasteiger partial charge in [0.05, 0.1) is 25.4 Å². The molecule has 2 aliphatic carbocycles. The second-order valence-corrected chi connectivity index (χ2v) is 7.17. The molecule has 1 saturated heterocycles. The average molecular weight is 310 g/mol. The lowest BCUT2D eigenvalue weighted by Gasteiger charge is -2.48. The molecule has 3 fully saturated rings. The molecule has 0 aromatic carbocycles. The van der Waals surface area contributed by atoms with Gasteiger partial charge in [0.1, 0.15) is 0 Å². The molecule has 1 aliphatic heterocycles. The Labute approximate surface area is 133 Å². The Bertz CT molecular complexity index is 389. The highest BCUT2D eigenvalue weighted by Gasteiger charge is 2.64. The van der Waals surface area contributed by atoms with Crippen molar-refractivity contribution in [2.75, 3.05) is 13.2 Å². The van der Waals surface area contributed by atoms with Crippen molar-refractivity contribution >= 4 is 0 Å². The number of aliphatic hydroxyl groups is 2. The summed E-state index contributed by atoms with van der Waals surface area (Å²) in [6.07, 6.45) is 10.5. The largest absolute Gasteiger partial charge is 0.392 e. The molecule has 3 unspecified atom stereocenters. The van der Waals surface area contributed by atoms with Crippen molar-refractivity contribution in [1.82, 2.24) is 0 Å². The first-order chi connectivity index (χ1) is 10.7. The normalized spacial score (nSPS) is 37.6. The number of ether oxygens (including phenoxy) is 2. The van der Waals surface area contributed by atoms with E-state index in [1.165, 1.54) is 19.3 Å². The fourth-order valence-corrected chi connectivity index (χ4v) is 4.39. The summed E-state index contributed by atoms with van der Waals surface area (Å²) in [5, 5.41) is 20.5. The van der Waals surface area contributed by atoms with Crippen LogP contribution >= 0.6 is 0 Å². The van der Waals surface area contributed by atoms with Crippen LogP contribution in [0.4, 0.5) is 0 Å². The van der Waals surface area contributed by atoms with Crippen LogP contribution in [-0.2, 0) is 9.47 Å². The van der Waals surface area contributed by atoms with Gasteiger partial charge in [-0.3, -0.25) is 0 Å². The third-order valence-electron chi connectivity index (χ3n) is 5.72. The van der Waals surface area contributed by atoms with E-state index < -0.39 is 5.79 Å². The summed E-state index contributed by atoms with van der Waals surface area (Å²) in [5.74, 6) is 0.357. The lowest BCUT2D eigenvalue weighted by Crippen LogP contribution is -2.54. The number of hydrogen-bond donors (Lipinski definition) is 2. The van der Waals surface area contributed by atoms with Crippen LogP contribution in [0.3, 0.4) is 0 Å². The smallest absolute Gasteiger partial charge is 0.172 e. The van der Waals surface area contributed by atoms with Gasteiger partial charge in [-0.15, -0.1) is 0 Å². The molecule has 126 valence electrons. The standard InChI is InChI=1S/C18H30O4/c1-2-3-4-5-6-14(19)8-7-13-11-16-15(17(13)20)12-18(16)21-9-10-22-18/h7-8,13-17,19-20H,2-6,9-12H2,1H3/t13?,14?,15-,16+,17?/m1/s1. The van der Waals surface area contributed by atoms with Crippen molar-refractivity contribution in [3.63, 3.8) is 0 Å². The molecule has 3 aliphatic rings. The SMILES string of the molecule is CCCCCCC(O)C=CC1C[C@H]2[C@@H](CC23OCCO3)C1O. The van der Waals surface area contributed by atoms with Crippen LogP contribution in [0.2, 0.25) is 0 Å². The molecule has 4 heteroatoms. The van der Waals surface area contributed by atoms with Crippen molar-refractivity contribution in [3.8, 4) is 0 Å². The maximum Gasteiger partial charge on any atom is 0.172 e. The maximum absolute atomic E-state index is 10.4. The summed E-state index contributed by atoms with van der Waals surface area (Å²) in [5.41, 5.74) is 0. The predicted octanol–water partition coefficient (Wildman–Crippen LogP) is 2.63. The molecule has 4 nitrogen and oxygen atoms in total. The second-order valence-electron chi connectivity index (χ2n) is 7.17. The fraction of sp³-hybridized carbons (Fsp3) is 0.889. The third kappa shape index (κ3) is 3.12. The summed E-state index contributed by atoms with van der Waals surface area (Å²) >= 11 is 0. The van der Waals surface area contributed by atoms with Crippen LogP contribution in [0, 0.1) is 17.8 Å². The third-order valence-corrected chi connectivity index (χ3v) is 5.72. The summed E-state index contributed by atoms with van der Waals surface area (Å²) in [6.45, 7) is 3.54. The van der Waals surface area contributed by atoms with Crippen LogP contribution in [0.25, 0.3) is 0 Å². The zero-order valence-corrected chi connectivity index (χ0v) is 13.6. The van der Waals surface area contributed by atoms with Gasteiger partial charge < -0.3 is 19.7 Å². The first-order valence-corrected chi connectivity index (χ1v) is 8.98. The van der Waals surface area contributed by atoms with Gasteiger partial charge in [0.15, 0.2) is 5.79 Å². The molecule has 22 heavy (non-hydrogen) atoms. The monoisotopic (exact) mass is 310 g/mol. The van der Waals surface area contributed by atoms with Crippen LogP contribution in [0.1, 0.15) is 51.9 Å². The van der Waals surface area contributed by atoms with Crippen LogP contribution < -0.4 is 0 Å². The summed E-state index contributed by atoms with van der Waals surface area (Å²) in [6, 6.07) is 0. The lowest BCUT2D eigenvalue weighted by molar-refractivity contribution is -0.275. The van der Waals surface area contributed by atoms with Crippen molar-refractivity contribution in [3.05, 3.63) is 12.2 Å². The van der Waals surface area contributed by atoms with Gasteiger partial charge in [0.25, 0.3) is 0 Å². The van der Waals surface area contributed by atoms with E-state index in [0.29, 0.717) is 25.0 Å². The predicted molar refractivity (Wildman–Crippen MR) is 84.3 cm³/mol. The Kier molecular flexibility index (Phi) is 5.23. The van der Waals surface area contributed by atoms with E-state index in [9.17, 15) is 10.2 Å². The van der Waals surface area contributed by atoms with E-state index >= 15 is 0 Å². The van der Waals surface area contributed by atoms with Crippen LogP contribution in [-0.4, -0.2) is 41.4 Å². The molecule has 3 rings (SSSR count). The second kappa shape index (κ2) is 7.00. The Morgan fingerprint density at radius 3 is 2.73 bits per heavy atom. The molecule has 0 aromatic heterocycles. The molecule has 5 atom stereocenters. The van der Waals surface area contributed by atoms with Gasteiger partial charge in [0.2, 0.25) is 0 Å². The summed E-state index contributed by atoms with van der Waals surface area (Å²) in [4.78, 5) is 0. The number of fused-ring (bicyclic) bond motifs is 2. The van der Waals surface area contributed by atoms with E-state index in [0.717, 1.165) is 25.7 Å². The van der Waals surface area contributed by atoms with Crippen molar-refractivity contribution in [1.29, 1.82) is 0 Å². The van der Waals surface area contributed by atoms with E-state index in [4.69, 9.17) is 9.47 Å². The molecule has 1 spiro atoms. The lowest BCUT2D eigenvalue weighted by atomic mass is 9.69.